The lowest BCUT2D eigenvalue weighted by Crippen LogP contribution is -2.03. The fraction of sp³-hybridized carbons (Fsp3) is 0.154. The molecule has 0 aromatic carbocycles. The SMILES string of the molecule is CC/C(=C\c1ccc[nH]1)C(=O)c1ccc[nH]1. The molecule has 0 saturated heterocycles. The van der Waals surface area contributed by atoms with Crippen molar-refractivity contribution in [2.24, 2.45) is 0 Å². The van der Waals surface area contributed by atoms with Gasteiger partial charge in [0.1, 0.15) is 0 Å². The maximum absolute atomic E-state index is 12.0. The van der Waals surface area contributed by atoms with Gasteiger partial charge in [-0.25, -0.2) is 0 Å². The summed E-state index contributed by atoms with van der Waals surface area (Å²) >= 11 is 0. The summed E-state index contributed by atoms with van der Waals surface area (Å²) in [6, 6.07) is 7.48. The smallest absolute Gasteiger partial charge is 0.205 e. The lowest BCUT2D eigenvalue weighted by molar-refractivity contribution is 0.102. The van der Waals surface area contributed by atoms with Crippen molar-refractivity contribution in [3.63, 3.8) is 0 Å². The van der Waals surface area contributed by atoms with Crippen LogP contribution in [0.4, 0.5) is 0 Å². The van der Waals surface area contributed by atoms with Crippen LogP contribution in [0.25, 0.3) is 6.08 Å². The highest BCUT2D eigenvalue weighted by Crippen LogP contribution is 2.13. The molecule has 0 saturated carbocycles. The standard InChI is InChI=1S/C13H14N2O/c1-2-10(9-11-5-3-7-14-11)13(16)12-6-4-8-15-12/h3-9,14-15H,2H2,1H3/b10-9+. The van der Waals surface area contributed by atoms with Crippen LogP contribution in [-0.4, -0.2) is 15.8 Å². The van der Waals surface area contributed by atoms with Gasteiger partial charge in [-0.1, -0.05) is 6.92 Å². The molecule has 16 heavy (non-hydrogen) atoms. The maximum atomic E-state index is 12.0. The number of aromatic nitrogens is 2. The molecule has 0 amide bonds. The first-order valence-electron chi connectivity index (χ1n) is 5.33. The van der Waals surface area contributed by atoms with Gasteiger partial charge in [0, 0.05) is 23.7 Å². The van der Waals surface area contributed by atoms with Crippen LogP contribution in [0.15, 0.2) is 42.2 Å². The third kappa shape index (κ3) is 2.14. The van der Waals surface area contributed by atoms with Crippen LogP contribution >= 0.6 is 0 Å². The highest BCUT2D eigenvalue weighted by molar-refractivity contribution is 6.10. The summed E-state index contributed by atoms with van der Waals surface area (Å²) in [4.78, 5) is 18.0. The zero-order chi connectivity index (χ0) is 11.4. The number of aromatic amines is 2. The molecule has 82 valence electrons. The Morgan fingerprint density at radius 1 is 1.25 bits per heavy atom. The summed E-state index contributed by atoms with van der Waals surface area (Å²) < 4.78 is 0. The van der Waals surface area contributed by atoms with Crippen LogP contribution in [-0.2, 0) is 0 Å². The minimum atomic E-state index is 0.0575. The summed E-state index contributed by atoms with van der Waals surface area (Å²) in [6.45, 7) is 1.98. The normalized spacial score (nSPS) is 11.7. The van der Waals surface area contributed by atoms with Gasteiger partial charge in [0.25, 0.3) is 0 Å². The van der Waals surface area contributed by atoms with E-state index in [1.165, 1.54) is 0 Å². The number of rotatable bonds is 4. The van der Waals surface area contributed by atoms with Gasteiger partial charge in [0.2, 0.25) is 5.78 Å². The number of Topliss-reactive ketones (excluding diaryl/α,β-unsaturated/α-hetero) is 1. The van der Waals surface area contributed by atoms with Crippen LogP contribution in [0, 0.1) is 0 Å². The van der Waals surface area contributed by atoms with Gasteiger partial charge < -0.3 is 9.97 Å². The molecule has 0 aliphatic carbocycles. The van der Waals surface area contributed by atoms with Gasteiger partial charge in [-0.05, 0) is 36.8 Å². The molecule has 3 nitrogen and oxygen atoms in total. The number of ketones is 1. The molecule has 0 bridgehead atoms. The van der Waals surface area contributed by atoms with Crippen LogP contribution in [0.3, 0.4) is 0 Å². The summed E-state index contributed by atoms with van der Waals surface area (Å²) in [6.07, 6.45) is 6.22. The van der Waals surface area contributed by atoms with E-state index in [-0.39, 0.29) is 5.78 Å². The fourth-order valence-corrected chi connectivity index (χ4v) is 1.59. The number of nitrogens with one attached hydrogen (secondary N) is 2. The van der Waals surface area contributed by atoms with E-state index in [9.17, 15) is 4.79 Å². The molecule has 0 aliphatic rings. The Bertz CT molecular complexity index is 478. The Morgan fingerprint density at radius 2 is 2.00 bits per heavy atom. The first kappa shape index (κ1) is 10.5. The first-order valence-corrected chi connectivity index (χ1v) is 5.33. The van der Waals surface area contributed by atoms with E-state index in [0.717, 1.165) is 17.7 Å². The Morgan fingerprint density at radius 3 is 2.56 bits per heavy atom. The lowest BCUT2D eigenvalue weighted by atomic mass is 10.1. The molecule has 2 N–H and O–H groups in total. The highest BCUT2D eigenvalue weighted by atomic mass is 16.1. The summed E-state index contributed by atoms with van der Waals surface area (Å²) in [5.41, 5.74) is 2.39. The Kier molecular flexibility index (Phi) is 3.05. The number of H-pyrrole nitrogens is 2. The average molecular weight is 214 g/mol. The highest BCUT2D eigenvalue weighted by Gasteiger charge is 2.11. The van der Waals surface area contributed by atoms with Gasteiger partial charge >= 0.3 is 0 Å². The van der Waals surface area contributed by atoms with E-state index in [2.05, 4.69) is 9.97 Å². The van der Waals surface area contributed by atoms with Crippen molar-refractivity contribution in [2.45, 2.75) is 13.3 Å². The molecule has 3 heteroatoms. The molecular weight excluding hydrogens is 200 g/mol. The van der Waals surface area contributed by atoms with Gasteiger partial charge in [0.05, 0.1) is 5.69 Å². The zero-order valence-corrected chi connectivity index (χ0v) is 9.16. The topological polar surface area (TPSA) is 48.6 Å². The minimum Gasteiger partial charge on any atom is -0.362 e. The molecule has 0 radical (unpaired) electrons. The second-order valence-electron chi connectivity index (χ2n) is 3.56. The van der Waals surface area contributed by atoms with E-state index >= 15 is 0 Å². The van der Waals surface area contributed by atoms with Crippen LogP contribution in [0.5, 0.6) is 0 Å². The van der Waals surface area contributed by atoms with Gasteiger partial charge in [-0.15, -0.1) is 0 Å². The first-order chi connectivity index (χ1) is 7.81. The number of carbonyl (C=O) groups excluding carboxylic acids is 1. The van der Waals surface area contributed by atoms with Crippen molar-refractivity contribution in [1.29, 1.82) is 0 Å². The van der Waals surface area contributed by atoms with Crippen LogP contribution in [0.2, 0.25) is 0 Å². The zero-order valence-electron chi connectivity index (χ0n) is 9.16. The molecular formula is C13H14N2O. The van der Waals surface area contributed by atoms with E-state index < -0.39 is 0 Å². The third-order valence-electron chi connectivity index (χ3n) is 2.47. The Balaban J connectivity index is 2.27. The second-order valence-corrected chi connectivity index (χ2v) is 3.56. The van der Waals surface area contributed by atoms with Gasteiger partial charge in [0.15, 0.2) is 0 Å². The molecule has 0 fully saturated rings. The fourth-order valence-electron chi connectivity index (χ4n) is 1.59. The van der Waals surface area contributed by atoms with Crippen molar-refractivity contribution < 1.29 is 4.79 Å². The van der Waals surface area contributed by atoms with E-state index in [1.54, 1.807) is 12.3 Å². The third-order valence-corrected chi connectivity index (χ3v) is 2.47. The molecule has 0 unspecified atom stereocenters. The van der Waals surface area contributed by atoms with Crippen molar-refractivity contribution in [3.05, 3.63) is 53.6 Å². The Hall–Kier alpha value is -2.03. The largest absolute Gasteiger partial charge is 0.362 e. The van der Waals surface area contributed by atoms with E-state index in [0.29, 0.717) is 5.69 Å². The summed E-state index contributed by atoms with van der Waals surface area (Å²) in [7, 11) is 0. The number of hydrogen-bond donors (Lipinski definition) is 2. The summed E-state index contributed by atoms with van der Waals surface area (Å²) in [5, 5.41) is 0. The van der Waals surface area contributed by atoms with Crippen molar-refractivity contribution >= 4 is 11.9 Å². The van der Waals surface area contributed by atoms with E-state index in [1.807, 2.05) is 37.4 Å². The van der Waals surface area contributed by atoms with Crippen LogP contribution in [0.1, 0.15) is 29.5 Å². The van der Waals surface area contributed by atoms with Gasteiger partial charge in [-0.2, -0.15) is 0 Å². The quantitative estimate of drug-likeness (QED) is 0.596. The molecule has 2 aromatic rings. The Labute approximate surface area is 94.2 Å². The average Bonchev–Trinajstić information content (AvgIpc) is 2.97. The minimum absolute atomic E-state index is 0.0575. The predicted octanol–water partition coefficient (Wildman–Crippen LogP) is 3.02. The molecule has 0 atom stereocenters. The number of carbonyl (C=O) groups is 1. The van der Waals surface area contributed by atoms with Gasteiger partial charge in [-0.3, -0.25) is 4.79 Å². The monoisotopic (exact) mass is 214 g/mol. The van der Waals surface area contributed by atoms with Crippen molar-refractivity contribution in [2.75, 3.05) is 0 Å². The molecule has 0 aliphatic heterocycles. The maximum Gasteiger partial charge on any atom is 0.205 e. The van der Waals surface area contributed by atoms with Crippen molar-refractivity contribution in [1.82, 2.24) is 9.97 Å². The molecule has 2 aromatic heterocycles. The molecule has 2 rings (SSSR count). The second kappa shape index (κ2) is 4.66. The summed E-state index contributed by atoms with van der Waals surface area (Å²) in [5.74, 6) is 0.0575. The number of allylic oxidation sites excluding steroid dienone is 1. The molecule has 0 spiro atoms. The number of hydrogen-bond acceptors (Lipinski definition) is 1. The van der Waals surface area contributed by atoms with E-state index in [4.69, 9.17) is 0 Å². The van der Waals surface area contributed by atoms with Crippen LogP contribution < -0.4 is 0 Å². The molecule has 2 heterocycles. The lowest BCUT2D eigenvalue weighted by Gasteiger charge is -2.01. The predicted molar refractivity (Wildman–Crippen MR) is 64.2 cm³/mol. The van der Waals surface area contributed by atoms with Crippen molar-refractivity contribution in [3.8, 4) is 0 Å².